The van der Waals surface area contributed by atoms with Crippen molar-refractivity contribution >= 4 is 5.78 Å². The molecule has 4 aliphatic carbocycles. The van der Waals surface area contributed by atoms with Gasteiger partial charge in [-0.3, -0.25) is 4.79 Å². The molecule has 2 nitrogen and oxygen atoms in total. The Balaban J connectivity index is 1.63. The van der Waals surface area contributed by atoms with Crippen molar-refractivity contribution in [3.8, 4) is 0 Å². The molecule has 0 bridgehead atoms. The summed E-state index contributed by atoms with van der Waals surface area (Å²) < 4.78 is 0. The number of aliphatic hydroxyl groups excluding tert-OH is 1. The first-order chi connectivity index (χ1) is 9.59. The third-order valence-corrected chi connectivity index (χ3v) is 7.14. The number of carbonyl (C=O) groups is 1. The zero-order valence-electron chi connectivity index (χ0n) is 12.5. The molecule has 0 aliphatic heterocycles. The summed E-state index contributed by atoms with van der Waals surface area (Å²) in [5.41, 5.74) is 1.55. The highest BCUT2D eigenvalue weighted by Crippen LogP contribution is 2.60. The molecular formula is C18H26O2. The Morgan fingerprint density at radius 1 is 1.10 bits per heavy atom. The molecule has 20 heavy (non-hydrogen) atoms. The van der Waals surface area contributed by atoms with Gasteiger partial charge in [-0.25, -0.2) is 0 Å². The van der Waals surface area contributed by atoms with Gasteiger partial charge in [0.15, 0.2) is 0 Å². The average Bonchev–Trinajstić information content (AvgIpc) is 2.74. The summed E-state index contributed by atoms with van der Waals surface area (Å²) in [5.74, 6) is 3.49. The first-order valence-corrected chi connectivity index (χ1v) is 8.51. The number of rotatable bonds is 0. The van der Waals surface area contributed by atoms with E-state index < -0.39 is 0 Å². The minimum Gasteiger partial charge on any atom is -0.389 e. The molecule has 0 aromatic heterocycles. The zero-order chi connectivity index (χ0) is 13.9. The summed E-state index contributed by atoms with van der Waals surface area (Å²) in [6, 6.07) is 0. The van der Waals surface area contributed by atoms with Gasteiger partial charge in [-0.1, -0.05) is 18.6 Å². The van der Waals surface area contributed by atoms with E-state index in [2.05, 4.69) is 13.0 Å². The van der Waals surface area contributed by atoms with Crippen LogP contribution in [0.25, 0.3) is 0 Å². The molecule has 6 atom stereocenters. The van der Waals surface area contributed by atoms with Crippen LogP contribution in [-0.4, -0.2) is 17.0 Å². The van der Waals surface area contributed by atoms with E-state index in [1.54, 1.807) is 0 Å². The number of aliphatic hydroxyl groups is 1. The molecule has 110 valence electrons. The molecule has 3 fully saturated rings. The molecular weight excluding hydrogens is 248 g/mol. The molecule has 1 N–H and O–H groups in total. The molecule has 0 spiro atoms. The highest BCUT2D eigenvalue weighted by Gasteiger charge is 2.55. The molecule has 0 aromatic carbocycles. The van der Waals surface area contributed by atoms with Crippen molar-refractivity contribution in [2.24, 2.45) is 29.1 Å². The zero-order valence-corrected chi connectivity index (χ0v) is 12.5. The van der Waals surface area contributed by atoms with E-state index in [4.69, 9.17) is 0 Å². The lowest BCUT2D eigenvalue weighted by Gasteiger charge is -2.52. The summed E-state index contributed by atoms with van der Waals surface area (Å²) in [6.45, 7) is 2.25. The van der Waals surface area contributed by atoms with E-state index in [0.717, 1.165) is 43.4 Å². The van der Waals surface area contributed by atoms with Crippen molar-refractivity contribution in [2.75, 3.05) is 0 Å². The Morgan fingerprint density at radius 2 is 1.95 bits per heavy atom. The summed E-state index contributed by atoms with van der Waals surface area (Å²) in [4.78, 5) is 12.3. The quantitative estimate of drug-likeness (QED) is 0.687. The first kappa shape index (κ1) is 13.1. The van der Waals surface area contributed by atoms with E-state index >= 15 is 0 Å². The molecule has 3 saturated carbocycles. The third kappa shape index (κ3) is 1.70. The van der Waals surface area contributed by atoms with Crippen molar-refractivity contribution in [1.82, 2.24) is 0 Å². The SMILES string of the molecule is C[C@]12CC[C@H]3[C@@H](CCC4=C[C@@H](O)CC[C@@H]43)[C@@H]1CCC2=O. The molecule has 4 aliphatic rings. The minimum atomic E-state index is -0.195. The van der Waals surface area contributed by atoms with Crippen LogP contribution in [0.5, 0.6) is 0 Å². The van der Waals surface area contributed by atoms with Crippen LogP contribution in [0.15, 0.2) is 11.6 Å². The van der Waals surface area contributed by atoms with Crippen molar-refractivity contribution in [1.29, 1.82) is 0 Å². The molecule has 0 saturated heterocycles. The fourth-order valence-electron chi connectivity index (χ4n) is 6.08. The summed E-state index contributed by atoms with van der Waals surface area (Å²) in [5, 5.41) is 9.85. The predicted octanol–water partition coefficient (Wildman–Crippen LogP) is 3.49. The van der Waals surface area contributed by atoms with Gasteiger partial charge in [0.1, 0.15) is 5.78 Å². The monoisotopic (exact) mass is 274 g/mol. The highest BCUT2D eigenvalue weighted by atomic mass is 16.3. The van der Waals surface area contributed by atoms with Gasteiger partial charge in [-0.2, -0.15) is 0 Å². The number of ketones is 1. The van der Waals surface area contributed by atoms with Gasteiger partial charge >= 0.3 is 0 Å². The third-order valence-electron chi connectivity index (χ3n) is 7.14. The van der Waals surface area contributed by atoms with E-state index in [1.807, 2.05) is 0 Å². The van der Waals surface area contributed by atoms with Crippen LogP contribution in [0.3, 0.4) is 0 Å². The average molecular weight is 274 g/mol. The van der Waals surface area contributed by atoms with Crippen molar-refractivity contribution in [2.45, 2.75) is 64.4 Å². The largest absolute Gasteiger partial charge is 0.389 e. The van der Waals surface area contributed by atoms with Crippen LogP contribution in [0, 0.1) is 29.1 Å². The number of carbonyl (C=O) groups excluding carboxylic acids is 1. The van der Waals surface area contributed by atoms with Gasteiger partial charge in [0.05, 0.1) is 6.10 Å². The summed E-state index contributed by atoms with van der Waals surface area (Å²) >= 11 is 0. The van der Waals surface area contributed by atoms with Crippen molar-refractivity contribution in [3.63, 3.8) is 0 Å². The Morgan fingerprint density at radius 3 is 2.80 bits per heavy atom. The van der Waals surface area contributed by atoms with Crippen LogP contribution in [-0.2, 0) is 4.79 Å². The second kappa shape index (κ2) is 4.43. The lowest BCUT2D eigenvalue weighted by atomic mass is 9.52. The molecule has 0 heterocycles. The molecule has 4 rings (SSSR count). The minimum absolute atomic E-state index is 0.0105. The maximum absolute atomic E-state index is 12.3. The molecule has 2 heteroatoms. The fourth-order valence-corrected chi connectivity index (χ4v) is 6.08. The number of hydrogen-bond acceptors (Lipinski definition) is 2. The topological polar surface area (TPSA) is 37.3 Å². The van der Waals surface area contributed by atoms with Crippen LogP contribution in [0.1, 0.15) is 58.3 Å². The van der Waals surface area contributed by atoms with E-state index in [0.29, 0.717) is 11.7 Å². The molecule has 0 radical (unpaired) electrons. The lowest BCUT2D eigenvalue weighted by molar-refractivity contribution is -0.131. The second-order valence-corrected chi connectivity index (χ2v) is 7.88. The summed E-state index contributed by atoms with van der Waals surface area (Å²) in [6.07, 6.45) is 10.8. The molecule has 0 aromatic rings. The Labute approximate surface area is 121 Å². The van der Waals surface area contributed by atoms with Gasteiger partial charge in [-0.05, 0) is 68.6 Å². The molecule has 0 unspecified atom stereocenters. The normalized spacial score (nSPS) is 51.0. The van der Waals surface area contributed by atoms with Crippen LogP contribution < -0.4 is 0 Å². The first-order valence-electron chi connectivity index (χ1n) is 8.51. The maximum Gasteiger partial charge on any atom is 0.139 e. The molecule has 0 amide bonds. The van der Waals surface area contributed by atoms with Gasteiger partial charge in [0.25, 0.3) is 0 Å². The number of hydrogen-bond donors (Lipinski definition) is 1. The van der Waals surface area contributed by atoms with E-state index in [9.17, 15) is 9.90 Å². The van der Waals surface area contributed by atoms with Crippen LogP contribution in [0.4, 0.5) is 0 Å². The fraction of sp³-hybridized carbons (Fsp3) is 0.833. The van der Waals surface area contributed by atoms with Crippen LogP contribution in [0.2, 0.25) is 0 Å². The van der Waals surface area contributed by atoms with Gasteiger partial charge in [0, 0.05) is 11.8 Å². The Hall–Kier alpha value is -0.630. The van der Waals surface area contributed by atoms with Gasteiger partial charge in [-0.15, -0.1) is 0 Å². The Bertz CT molecular complexity index is 466. The highest BCUT2D eigenvalue weighted by molar-refractivity contribution is 5.87. The second-order valence-electron chi connectivity index (χ2n) is 7.88. The number of allylic oxidation sites excluding steroid dienone is 1. The smallest absolute Gasteiger partial charge is 0.139 e. The van der Waals surface area contributed by atoms with E-state index in [-0.39, 0.29) is 11.5 Å². The van der Waals surface area contributed by atoms with Gasteiger partial charge < -0.3 is 5.11 Å². The number of fused-ring (bicyclic) bond motifs is 5. The maximum atomic E-state index is 12.3. The van der Waals surface area contributed by atoms with Crippen molar-refractivity contribution < 1.29 is 9.90 Å². The predicted molar refractivity (Wildman–Crippen MR) is 78.1 cm³/mol. The standard InChI is InChI=1S/C18H26O2/c1-18-9-8-14-13-5-3-12(19)10-11(13)2-4-15(14)16(18)6-7-17(18)20/h10,12-16,19H,2-9H2,1H3/t12-,13-,14+,15+,16-,18-/m0/s1. The van der Waals surface area contributed by atoms with E-state index in [1.165, 1.54) is 31.3 Å². The van der Waals surface area contributed by atoms with Crippen molar-refractivity contribution in [3.05, 3.63) is 11.6 Å². The van der Waals surface area contributed by atoms with Gasteiger partial charge in [0.2, 0.25) is 0 Å². The lowest BCUT2D eigenvalue weighted by Crippen LogP contribution is -2.46. The van der Waals surface area contributed by atoms with Crippen LogP contribution >= 0.6 is 0 Å². The number of Topliss-reactive ketones (excluding diaryl/α,β-unsaturated/α-hetero) is 1. The summed E-state index contributed by atoms with van der Waals surface area (Å²) in [7, 11) is 0. The Kier molecular flexibility index (Phi) is 2.89.